The third-order valence-corrected chi connectivity index (χ3v) is 4.01. The van der Waals surface area contributed by atoms with Crippen LogP contribution in [0.5, 0.6) is 0 Å². The van der Waals surface area contributed by atoms with Crippen LogP contribution in [0.2, 0.25) is 0 Å². The van der Waals surface area contributed by atoms with E-state index < -0.39 is 0 Å². The van der Waals surface area contributed by atoms with Gasteiger partial charge in [0.2, 0.25) is 0 Å². The summed E-state index contributed by atoms with van der Waals surface area (Å²) in [7, 11) is 0. The highest BCUT2D eigenvalue weighted by molar-refractivity contribution is 7.99. The standard InChI is InChI=1S/C15H20O2S/c1-12(17)13(2)18-11-15-8-5-7-14(10-15)6-3-4-9-16/h5,7-8,10,12-13,16-17H,4,9,11H2,1-2H3. The Morgan fingerprint density at radius 3 is 2.78 bits per heavy atom. The molecule has 1 rings (SSSR count). The zero-order valence-corrected chi connectivity index (χ0v) is 11.7. The minimum Gasteiger partial charge on any atom is -0.395 e. The summed E-state index contributed by atoms with van der Waals surface area (Å²) >= 11 is 1.74. The highest BCUT2D eigenvalue weighted by atomic mass is 32.2. The Balaban J connectivity index is 2.57. The van der Waals surface area contributed by atoms with Gasteiger partial charge in [-0.05, 0) is 24.6 Å². The lowest BCUT2D eigenvalue weighted by molar-refractivity contribution is 0.196. The van der Waals surface area contributed by atoms with Gasteiger partial charge in [0.25, 0.3) is 0 Å². The number of aliphatic hydroxyl groups is 2. The Bertz CT molecular complexity index is 418. The second kappa shape index (κ2) is 8.20. The molecule has 98 valence electrons. The molecule has 2 nitrogen and oxygen atoms in total. The van der Waals surface area contributed by atoms with Crippen molar-refractivity contribution in [3.8, 4) is 11.8 Å². The molecule has 0 aliphatic rings. The molecule has 0 saturated carbocycles. The van der Waals surface area contributed by atoms with Crippen LogP contribution in [0.3, 0.4) is 0 Å². The molecule has 0 bridgehead atoms. The molecule has 0 radical (unpaired) electrons. The molecule has 0 aliphatic carbocycles. The monoisotopic (exact) mass is 264 g/mol. The molecule has 1 aromatic rings. The molecule has 0 spiro atoms. The fraction of sp³-hybridized carbons (Fsp3) is 0.467. The number of hydrogen-bond acceptors (Lipinski definition) is 3. The van der Waals surface area contributed by atoms with Gasteiger partial charge in [-0.2, -0.15) is 11.8 Å². The molecule has 2 atom stereocenters. The minimum atomic E-state index is -0.289. The van der Waals surface area contributed by atoms with E-state index >= 15 is 0 Å². The van der Waals surface area contributed by atoms with E-state index in [0.717, 1.165) is 11.3 Å². The average molecular weight is 264 g/mol. The van der Waals surface area contributed by atoms with Crippen LogP contribution in [0.25, 0.3) is 0 Å². The van der Waals surface area contributed by atoms with E-state index in [0.29, 0.717) is 6.42 Å². The van der Waals surface area contributed by atoms with Crippen molar-refractivity contribution in [2.45, 2.75) is 37.4 Å². The quantitative estimate of drug-likeness (QED) is 0.802. The molecule has 0 heterocycles. The van der Waals surface area contributed by atoms with Crippen LogP contribution in [0.15, 0.2) is 24.3 Å². The van der Waals surface area contributed by atoms with Crippen molar-refractivity contribution in [1.29, 1.82) is 0 Å². The molecule has 2 unspecified atom stereocenters. The Morgan fingerprint density at radius 1 is 1.33 bits per heavy atom. The lowest BCUT2D eigenvalue weighted by atomic mass is 10.1. The predicted octanol–water partition coefficient (Wildman–Crippen LogP) is 2.42. The summed E-state index contributed by atoms with van der Waals surface area (Å²) in [6.45, 7) is 3.95. The maximum Gasteiger partial charge on any atom is 0.0628 e. The molecule has 2 N–H and O–H groups in total. The smallest absolute Gasteiger partial charge is 0.0628 e. The third kappa shape index (κ3) is 5.59. The van der Waals surface area contributed by atoms with Gasteiger partial charge in [-0.25, -0.2) is 0 Å². The number of hydrogen-bond donors (Lipinski definition) is 2. The van der Waals surface area contributed by atoms with Crippen LogP contribution in [0.1, 0.15) is 31.4 Å². The number of aliphatic hydroxyl groups excluding tert-OH is 2. The second-order valence-electron chi connectivity index (χ2n) is 4.23. The van der Waals surface area contributed by atoms with Crippen LogP contribution in [-0.4, -0.2) is 28.2 Å². The molecule has 0 aromatic heterocycles. The molecular weight excluding hydrogens is 244 g/mol. The van der Waals surface area contributed by atoms with Gasteiger partial charge in [-0.3, -0.25) is 0 Å². The first kappa shape index (κ1) is 15.1. The van der Waals surface area contributed by atoms with Gasteiger partial charge in [0.15, 0.2) is 0 Å². The topological polar surface area (TPSA) is 40.5 Å². The first-order valence-electron chi connectivity index (χ1n) is 6.12. The van der Waals surface area contributed by atoms with Crippen molar-refractivity contribution in [2.24, 2.45) is 0 Å². The lowest BCUT2D eigenvalue weighted by Gasteiger charge is -2.13. The summed E-state index contributed by atoms with van der Waals surface area (Å²) in [6.07, 6.45) is 0.223. The van der Waals surface area contributed by atoms with E-state index in [1.165, 1.54) is 5.56 Å². The highest BCUT2D eigenvalue weighted by Gasteiger charge is 2.08. The summed E-state index contributed by atoms with van der Waals surface area (Å²) < 4.78 is 0. The molecule has 18 heavy (non-hydrogen) atoms. The van der Waals surface area contributed by atoms with Crippen molar-refractivity contribution >= 4 is 11.8 Å². The maximum absolute atomic E-state index is 9.43. The Morgan fingerprint density at radius 2 is 2.11 bits per heavy atom. The fourth-order valence-corrected chi connectivity index (χ4v) is 2.24. The van der Waals surface area contributed by atoms with E-state index in [9.17, 15) is 5.11 Å². The van der Waals surface area contributed by atoms with Crippen molar-refractivity contribution < 1.29 is 10.2 Å². The molecule has 0 amide bonds. The van der Waals surface area contributed by atoms with Crippen molar-refractivity contribution in [2.75, 3.05) is 6.61 Å². The lowest BCUT2D eigenvalue weighted by Crippen LogP contribution is -2.15. The number of rotatable bonds is 5. The van der Waals surface area contributed by atoms with Gasteiger partial charge in [0, 0.05) is 23.0 Å². The summed E-state index contributed by atoms with van der Waals surface area (Å²) in [5.74, 6) is 6.82. The summed E-state index contributed by atoms with van der Waals surface area (Å²) in [5, 5.41) is 18.3. The Hall–Kier alpha value is -0.950. The van der Waals surface area contributed by atoms with E-state index in [-0.39, 0.29) is 18.0 Å². The largest absolute Gasteiger partial charge is 0.395 e. The van der Waals surface area contributed by atoms with E-state index in [1.54, 1.807) is 11.8 Å². The zero-order valence-electron chi connectivity index (χ0n) is 10.9. The molecule has 3 heteroatoms. The van der Waals surface area contributed by atoms with E-state index in [2.05, 4.69) is 24.0 Å². The Labute approximate surface area is 113 Å². The van der Waals surface area contributed by atoms with Gasteiger partial charge in [-0.1, -0.05) is 30.9 Å². The molecule has 0 aliphatic heterocycles. The minimum absolute atomic E-state index is 0.106. The first-order chi connectivity index (χ1) is 8.63. The zero-order chi connectivity index (χ0) is 13.4. The van der Waals surface area contributed by atoms with Gasteiger partial charge in [0.05, 0.1) is 12.7 Å². The second-order valence-corrected chi connectivity index (χ2v) is 5.60. The van der Waals surface area contributed by atoms with Gasteiger partial charge in [0.1, 0.15) is 0 Å². The fourth-order valence-electron chi connectivity index (χ4n) is 1.33. The van der Waals surface area contributed by atoms with Crippen LogP contribution in [0, 0.1) is 11.8 Å². The van der Waals surface area contributed by atoms with Crippen LogP contribution >= 0.6 is 11.8 Å². The van der Waals surface area contributed by atoms with Crippen molar-refractivity contribution in [3.63, 3.8) is 0 Å². The SMILES string of the molecule is CC(O)C(C)SCc1cccc(C#CCCO)c1. The Kier molecular flexibility index (Phi) is 6.89. The maximum atomic E-state index is 9.43. The van der Waals surface area contributed by atoms with Crippen LogP contribution in [-0.2, 0) is 5.75 Å². The van der Waals surface area contributed by atoms with Crippen molar-refractivity contribution in [1.82, 2.24) is 0 Å². The van der Waals surface area contributed by atoms with Crippen molar-refractivity contribution in [3.05, 3.63) is 35.4 Å². The molecular formula is C15H20O2S. The summed E-state index contributed by atoms with van der Waals surface area (Å²) in [5.41, 5.74) is 2.19. The molecule has 1 aromatic carbocycles. The van der Waals surface area contributed by atoms with E-state index in [4.69, 9.17) is 5.11 Å². The van der Waals surface area contributed by atoms with Gasteiger partial charge in [-0.15, -0.1) is 0 Å². The number of benzene rings is 1. The first-order valence-corrected chi connectivity index (χ1v) is 7.16. The average Bonchev–Trinajstić information content (AvgIpc) is 2.36. The van der Waals surface area contributed by atoms with Gasteiger partial charge < -0.3 is 10.2 Å². The third-order valence-electron chi connectivity index (χ3n) is 2.59. The normalized spacial score (nSPS) is 13.6. The van der Waals surface area contributed by atoms with Gasteiger partial charge >= 0.3 is 0 Å². The van der Waals surface area contributed by atoms with E-state index in [1.807, 2.05) is 26.0 Å². The predicted molar refractivity (Wildman–Crippen MR) is 77.5 cm³/mol. The van der Waals surface area contributed by atoms with Crippen LogP contribution < -0.4 is 0 Å². The molecule has 0 fully saturated rings. The summed E-state index contributed by atoms with van der Waals surface area (Å²) in [4.78, 5) is 0. The highest BCUT2D eigenvalue weighted by Crippen LogP contribution is 2.20. The summed E-state index contributed by atoms with van der Waals surface area (Å²) in [6, 6.07) is 8.09. The van der Waals surface area contributed by atoms with Crippen LogP contribution in [0.4, 0.5) is 0 Å². The number of thioether (sulfide) groups is 1. The molecule has 0 saturated heterocycles.